The van der Waals surface area contributed by atoms with Gasteiger partial charge in [-0.15, -0.1) is 0 Å². The van der Waals surface area contributed by atoms with E-state index in [0.29, 0.717) is 11.5 Å². The molecule has 0 aliphatic carbocycles. The molecule has 1 aromatic carbocycles. The zero-order valence-electron chi connectivity index (χ0n) is 17.4. The number of aryl methyl sites for hydroxylation is 2. The van der Waals surface area contributed by atoms with Gasteiger partial charge in [0.1, 0.15) is 11.6 Å². The maximum Gasteiger partial charge on any atom is 0.256 e. The van der Waals surface area contributed by atoms with Crippen LogP contribution < -0.4 is 5.56 Å². The van der Waals surface area contributed by atoms with Crippen LogP contribution in [-0.2, 0) is 19.4 Å². The molecule has 4 heterocycles. The number of piperidine rings is 1. The molecule has 0 unspecified atom stereocenters. The second-order valence-corrected chi connectivity index (χ2v) is 8.58. The molecule has 1 saturated heterocycles. The van der Waals surface area contributed by atoms with Crippen molar-refractivity contribution >= 4 is 11.0 Å². The minimum atomic E-state index is -0.303. The number of halogens is 1. The van der Waals surface area contributed by atoms with Crippen molar-refractivity contribution in [2.24, 2.45) is 0 Å². The van der Waals surface area contributed by atoms with Gasteiger partial charge < -0.3 is 9.42 Å². The largest absolute Gasteiger partial charge is 0.356 e. The number of fused-ring (bicyclic) bond motifs is 2. The van der Waals surface area contributed by atoms with Gasteiger partial charge in [0, 0.05) is 48.1 Å². The van der Waals surface area contributed by atoms with E-state index < -0.39 is 0 Å². The van der Waals surface area contributed by atoms with Gasteiger partial charge in [0.05, 0.1) is 5.69 Å². The lowest BCUT2D eigenvalue weighted by atomic mass is 9.91. The Morgan fingerprint density at radius 3 is 2.87 bits per heavy atom. The molecule has 1 fully saturated rings. The van der Waals surface area contributed by atoms with Crippen molar-refractivity contribution in [2.75, 3.05) is 19.6 Å². The molecule has 0 radical (unpaired) electrons. The van der Waals surface area contributed by atoms with E-state index in [4.69, 9.17) is 9.51 Å². The van der Waals surface area contributed by atoms with Crippen molar-refractivity contribution in [3.05, 3.63) is 57.1 Å². The van der Waals surface area contributed by atoms with E-state index in [0.717, 1.165) is 92.9 Å². The van der Waals surface area contributed by atoms with Crippen LogP contribution in [-0.4, -0.2) is 39.2 Å². The molecule has 158 valence electrons. The van der Waals surface area contributed by atoms with E-state index >= 15 is 0 Å². The lowest BCUT2D eigenvalue weighted by Crippen LogP contribution is -2.37. The smallest absolute Gasteiger partial charge is 0.256 e. The minimum absolute atomic E-state index is 0.161. The minimum Gasteiger partial charge on any atom is -0.356 e. The highest BCUT2D eigenvalue weighted by molar-refractivity contribution is 5.79. The third-order valence-corrected chi connectivity index (χ3v) is 6.69. The van der Waals surface area contributed by atoms with Gasteiger partial charge in [-0.05, 0) is 64.3 Å². The summed E-state index contributed by atoms with van der Waals surface area (Å²) in [5.41, 5.74) is 3.38. The average Bonchev–Trinajstić information content (AvgIpc) is 3.17. The quantitative estimate of drug-likeness (QED) is 0.611. The predicted octanol–water partition coefficient (Wildman–Crippen LogP) is 3.59. The Bertz CT molecular complexity index is 1130. The molecule has 3 aromatic rings. The van der Waals surface area contributed by atoms with E-state index in [2.05, 4.69) is 10.1 Å². The van der Waals surface area contributed by atoms with Crippen LogP contribution in [0.2, 0.25) is 0 Å². The summed E-state index contributed by atoms with van der Waals surface area (Å²) in [6.07, 6.45) is 5.81. The summed E-state index contributed by atoms with van der Waals surface area (Å²) in [4.78, 5) is 20.1. The molecule has 0 saturated carbocycles. The Morgan fingerprint density at radius 1 is 1.20 bits per heavy atom. The topological polar surface area (TPSA) is 64.2 Å². The van der Waals surface area contributed by atoms with Crippen molar-refractivity contribution in [3.8, 4) is 0 Å². The number of aromatic nitrogens is 3. The summed E-state index contributed by atoms with van der Waals surface area (Å²) < 4.78 is 20.6. The lowest BCUT2D eigenvalue weighted by Gasteiger charge is -2.31. The molecule has 6 nitrogen and oxygen atoms in total. The summed E-state index contributed by atoms with van der Waals surface area (Å²) in [6, 6.07) is 4.63. The molecule has 30 heavy (non-hydrogen) atoms. The third-order valence-electron chi connectivity index (χ3n) is 6.69. The monoisotopic (exact) mass is 414 g/mol. The lowest BCUT2D eigenvalue weighted by molar-refractivity contribution is 0.211. The van der Waals surface area contributed by atoms with Crippen LogP contribution in [0.1, 0.15) is 54.4 Å². The first-order chi connectivity index (χ1) is 14.6. The molecule has 5 rings (SSSR count). The van der Waals surface area contributed by atoms with Crippen molar-refractivity contribution in [3.63, 3.8) is 0 Å². The number of benzene rings is 1. The van der Waals surface area contributed by atoms with Gasteiger partial charge in [-0.2, -0.15) is 0 Å². The van der Waals surface area contributed by atoms with Crippen molar-refractivity contribution in [2.45, 2.75) is 57.9 Å². The highest BCUT2D eigenvalue weighted by Gasteiger charge is 2.25. The Hall–Kier alpha value is -2.54. The van der Waals surface area contributed by atoms with Gasteiger partial charge in [-0.3, -0.25) is 9.36 Å². The maximum atomic E-state index is 13.4. The molecule has 0 amide bonds. The zero-order chi connectivity index (χ0) is 20.7. The van der Waals surface area contributed by atoms with Crippen LogP contribution in [0, 0.1) is 12.7 Å². The SMILES string of the molecule is [13CH3][13c]1nc2n([13c](=O)[13c]1CCN1CCC(c3noc4cc(F)ccc34)CC1)CCCC2. The summed E-state index contributed by atoms with van der Waals surface area (Å²) in [6.45, 7) is 5.55. The fraction of sp³-hybridized carbons (Fsp3) is 0.522. The first-order valence-corrected chi connectivity index (χ1v) is 11.0. The number of hydrogen-bond acceptors (Lipinski definition) is 5. The third kappa shape index (κ3) is 3.55. The summed E-state index contributed by atoms with van der Waals surface area (Å²) in [7, 11) is 0. The standard InChI is InChI=1S/C23H27FN4O2/c1-15-18(23(29)28-10-3-2-4-21(28)25-15)9-13-27-11-7-16(8-12-27)22-19-6-5-17(24)14-20(19)30-26-22/h5-6,14,16H,2-4,7-13H2,1H3/i1+1,15+1,18+1,23+1. The fourth-order valence-electron chi connectivity index (χ4n) is 4.94. The van der Waals surface area contributed by atoms with Crippen molar-refractivity contribution in [1.29, 1.82) is 0 Å². The maximum absolute atomic E-state index is 13.4. The van der Waals surface area contributed by atoms with Crippen molar-refractivity contribution < 1.29 is 8.91 Å². The van der Waals surface area contributed by atoms with E-state index in [1.165, 1.54) is 12.1 Å². The first kappa shape index (κ1) is 19.4. The molecule has 2 aliphatic rings. The Labute approximate surface area is 174 Å². The molecular weight excluding hydrogens is 387 g/mol. The second kappa shape index (κ2) is 7.95. The highest BCUT2D eigenvalue weighted by Crippen LogP contribution is 2.32. The number of nitrogens with zero attached hydrogens (tertiary/aromatic N) is 4. The number of hydrogen-bond donors (Lipinski definition) is 0. The normalized spacial score (nSPS) is 18.1. The molecule has 7 heteroatoms. The van der Waals surface area contributed by atoms with E-state index in [-0.39, 0.29) is 11.4 Å². The summed E-state index contributed by atoms with van der Waals surface area (Å²) >= 11 is 0. The van der Waals surface area contributed by atoms with Gasteiger partial charge in [0.2, 0.25) is 0 Å². The van der Waals surface area contributed by atoms with Crippen LogP contribution in [0.15, 0.2) is 27.5 Å². The Kier molecular flexibility index (Phi) is 5.15. The Morgan fingerprint density at radius 2 is 2.03 bits per heavy atom. The number of rotatable bonds is 4. The second-order valence-electron chi connectivity index (χ2n) is 8.58. The predicted molar refractivity (Wildman–Crippen MR) is 112 cm³/mol. The van der Waals surface area contributed by atoms with Gasteiger partial charge in [0.25, 0.3) is 5.56 Å². The van der Waals surface area contributed by atoms with Gasteiger partial charge >= 0.3 is 0 Å². The van der Waals surface area contributed by atoms with E-state index in [1.807, 2.05) is 11.5 Å². The Balaban J connectivity index is 1.23. The van der Waals surface area contributed by atoms with Crippen LogP contribution >= 0.6 is 0 Å². The van der Waals surface area contributed by atoms with Gasteiger partial charge in [-0.25, -0.2) is 9.37 Å². The van der Waals surface area contributed by atoms with E-state index in [1.54, 1.807) is 6.07 Å². The molecule has 2 aliphatic heterocycles. The molecule has 0 N–H and O–H groups in total. The first-order valence-electron chi connectivity index (χ1n) is 11.0. The molecule has 0 spiro atoms. The van der Waals surface area contributed by atoms with Gasteiger partial charge in [-0.1, -0.05) is 5.16 Å². The van der Waals surface area contributed by atoms with E-state index in [9.17, 15) is 9.18 Å². The molecular formula is C23H27FN4O2. The molecule has 2 aromatic heterocycles. The molecule has 0 bridgehead atoms. The highest BCUT2D eigenvalue weighted by atomic mass is 19.1. The zero-order valence-corrected chi connectivity index (χ0v) is 17.4. The fourth-order valence-corrected chi connectivity index (χ4v) is 4.94. The van der Waals surface area contributed by atoms with Crippen LogP contribution in [0.4, 0.5) is 4.39 Å². The average molecular weight is 414 g/mol. The van der Waals surface area contributed by atoms with Crippen LogP contribution in [0.3, 0.4) is 0 Å². The molecule has 0 atom stereocenters. The number of likely N-dealkylation sites (tertiary alicyclic amines) is 1. The summed E-state index contributed by atoms with van der Waals surface area (Å²) in [5.74, 6) is 0.974. The summed E-state index contributed by atoms with van der Waals surface area (Å²) in [5, 5.41) is 5.15. The van der Waals surface area contributed by atoms with Crippen LogP contribution in [0.5, 0.6) is 0 Å². The van der Waals surface area contributed by atoms with Crippen molar-refractivity contribution in [1.82, 2.24) is 19.6 Å². The van der Waals surface area contributed by atoms with Gasteiger partial charge in [0.15, 0.2) is 5.58 Å². The van der Waals surface area contributed by atoms with Crippen LogP contribution in [0.25, 0.3) is 11.0 Å².